The fourth-order valence-electron chi connectivity index (χ4n) is 8.01. The number of carbonyl (C=O) groups excluding carboxylic acids is 3. The molecule has 2 fully saturated rings. The molecule has 0 aromatic carbocycles. The Morgan fingerprint density at radius 2 is 1.30 bits per heavy atom. The third-order valence-electron chi connectivity index (χ3n) is 11.7. The molecule has 0 atom stereocenters. The van der Waals surface area contributed by atoms with Crippen LogP contribution in [0.15, 0.2) is 36.9 Å². The van der Waals surface area contributed by atoms with Gasteiger partial charge in [0.05, 0.1) is 28.3 Å². The summed E-state index contributed by atoms with van der Waals surface area (Å²) in [4.78, 5) is 60.3. The Balaban J connectivity index is 0.000000164. The van der Waals surface area contributed by atoms with E-state index in [9.17, 15) is 14.4 Å². The SMILES string of the molecule is CC(C)(C)OC(=O)N1CCc2c(sc(NC(=O)CCNC3CCC3)c2-c2nc3cnccc3s2)C1.O=C(CCNC1CCC1)Nc1sc2c(c1-c1nc3cnccc3s1)CCNC2. The van der Waals surface area contributed by atoms with E-state index in [-0.39, 0.29) is 17.9 Å². The summed E-state index contributed by atoms with van der Waals surface area (Å²) in [6, 6.07) is 5.13. The number of nitrogens with zero attached hydrogens (tertiary/aromatic N) is 5. The summed E-state index contributed by atoms with van der Waals surface area (Å²) in [6.45, 7) is 9.89. The lowest BCUT2D eigenvalue weighted by molar-refractivity contribution is -0.117. The fourth-order valence-corrected chi connectivity index (χ4v) is 12.7. The molecule has 10 rings (SSSR count). The molecule has 0 bridgehead atoms. The van der Waals surface area contributed by atoms with E-state index in [0.717, 1.165) is 88.1 Å². The number of hydrogen-bond donors (Lipinski definition) is 5. The van der Waals surface area contributed by atoms with Crippen molar-refractivity contribution in [3.05, 3.63) is 57.8 Å². The van der Waals surface area contributed by atoms with Crippen LogP contribution in [-0.2, 0) is 40.3 Å². The van der Waals surface area contributed by atoms with Crippen LogP contribution in [0.2, 0.25) is 0 Å². The van der Waals surface area contributed by atoms with E-state index in [1.807, 2.05) is 32.9 Å². The molecule has 14 nitrogen and oxygen atoms in total. The number of hydrogen-bond acceptors (Lipinski definition) is 15. The lowest BCUT2D eigenvalue weighted by Crippen LogP contribution is -2.39. The summed E-state index contributed by atoms with van der Waals surface area (Å²) in [5.41, 5.74) is 5.81. The van der Waals surface area contributed by atoms with Gasteiger partial charge in [-0.05, 0) is 89.1 Å². The van der Waals surface area contributed by atoms with Crippen molar-refractivity contribution < 1.29 is 19.1 Å². The van der Waals surface area contributed by atoms with E-state index in [1.165, 1.54) is 60.3 Å². The van der Waals surface area contributed by atoms with Crippen LogP contribution in [-0.4, -0.2) is 86.6 Å². The summed E-state index contributed by atoms with van der Waals surface area (Å²) in [6.07, 6.45) is 16.9. The second-order valence-corrected chi connectivity index (χ2v) is 21.8. The zero-order valence-corrected chi connectivity index (χ0v) is 39.2. The summed E-state index contributed by atoms with van der Waals surface area (Å²) in [7, 11) is 0. The number of thiazole rings is 2. The maximum absolute atomic E-state index is 12.8. The molecule has 4 aliphatic rings. The zero-order valence-electron chi connectivity index (χ0n) is 35.9. The lowest BCUT2D eigenvalue weighted by atomic mass is 9.93. The van der Waals surface area contributed by atoms with Crippen molar-refractivity contribution in [2.24, 2.45) is 0 Å². The topological polar surface area (TPSA) is 175 Å². The monoisotopic (exact) mass is 926 g/mol. The average molecular weight is 927 g/mol. The van der Waals surface area contributed by atoms with Crippen molar-refractivity contribution in [2.75, 3.05) is 36.8 Å². The molecule has 6 aromatic heterocycles. The summed E-state index contributed by atoms with van der Waals surface area (Å²) >= 11 is 6.50. The summed E-state index contributed by atoms with van der Waals surface area (Å²) in [5.74, 6) is 0.0610. The third-order valence-corrected chi connectivity index (χ3v) is 16.1. The van der Waals surface area contributed by atoms with Crippen LogP contribution in [0, 0.1) is 0 Å². The van der Waals surface area contributed by atoms with Crippen LogP contribution >= 0.6 is 45.3 Å². The van der Waals surface area contributed by atoms with E-state index in [0.29, 0.717) is 51.0 Å². The average Bonchev–Trinajstić information content (AvgIpc) is 4.01. The van der Waals surface area contributed by atoms with Gasteiger partial charge in [0.15, 0.2) is 0 Å². The first-order valence-corrected chi connectivity index (χ1v) is 25.3. The highest BCUT2D eigenvalue weighted by Crippen LogP contribution is 2.47. The van der Waals surface area contributed by atoms with Crippen LogP contribution in [0.3, 0.4) is 0 Å². The van der Waals surface area contributed by atoms with Gasteiger partial charge in [-0.25, -0.2) is 14.8 Å². The van der Waals surface area contributed by atoms with Gasteiger partial charge in [-0.3, -0.25) is 19.6 Å². The molecule has 332 valence electrons. The molecule has 0 unspecified atom stereocenters. The van der Waals surface area contributed by atoms with E-state index >= 15 is 0 Å². The number of thiophene rings is 2. The Hall–Kier alpha value is -4.43. The molecular weight excluding hydrogens is 873 g/mol. The number of nitrogens with one attached hydrogen (secondary N) is 5. The minimum absolute atomic E-state index is 0.0107. The molecule has 63 heavy (non-hydrogen) atoms. The highest BCUT2D eigenvalue weighted by molar-refractivity contribution is 7.23. The Morgan fingerprint density at radius 1 is 0.762 bits per heavy atom. The molecule has 18 heteroatoms. The number of carbonyl (C=O) groups is 3. The van der Waals surface area contributed by atoms with Crippen LogP contribution in [0.25, 0.3) is 41.6 Å². The van der Waals surface area contributed by atoms with Crippen LogP contribution in [0.4, 0.5) is 14.8 Å². The summed E-state index contributed by atoms with van der Waals surface area (Å²) in [5, 5.41) is 20.3. The Morgan fingerprint density at radius 3 is 1.81 bits per heavy atom. The molecule has 0 saturated heterocycles. The molecule has 5 N–H and O–H groups in total. The molecule has 2 aliphatic heterocycles. The Bertz CT molecular complexity index is 2540. The van der Waals surface area contributed by atoms with Gasteiger partial charge in [-0.2, -0.15) is 0 Å². The minimum Gasteiger partial charge on any atom is -0.444 e. The minimum atomic E-state index is -0.542. The quantitative estimate of drug-likeness (QED) is 0.0794. The van der Waals surface area contributed by atoms with E-state index < -0.39 is 5.60 Å². The van der Waals surface area contributed by atoms with Gasteiger partial charge in [0.25, 0.3) is 0 Å². The predicted molar refractivity (Wildman–Crippen MR) is 255 cm³/mol. The maximum Gasteiger partial charge on any atom is 0.410 e. The number of rotatable bonds is 12. The van der Waals surface area contributed by atoms with Gasteiger partial charge in [-0.1, -0.05) is 12.8 Å². The first-order valence-electron chi connectivity index (χ1n) is 22.0. The predicted octanol–water partition coefficient (Wildman–Crippen LogP) is 8.72. The standard InChI is InChI=1S/C25H31N5O3S2.C20H23N5OS2/c1-25(2,3)33-24(32)30-12-9-16-19(14-30)35-23(29-20(31)8-11-27-15-5-4-6-15)21(16)22-28-17-13-26-10-7-18(17)34-22;26-17(6-9-23-12-2-1-3-12)25-20-18(13-4-7-22-11-16(13)28-20)19-24-14-10-21-8-5-15(14)27-19/h7,10,13,15,27H,4-6,8-9,11-12,14H2,1-3H3,(H,29,31);5,8,10,12,22-23H,1-4,6-7,9,11H2,(H,25,26). The van der Waals surface area contributed by atoms with Crippen molar-refractivity contribution >= 4 is 93.7 Å². The second-order valence-electron chi connectivity index (χ2n) is 17.5. The van der Waals surface area contributed by atoms with Gasteiger partial charge >= 0.3 is 6.09 Å². The number of fused-ring (bicyclic) bond motifs is 4. The van der Waals surface area contributed by atoms with Crippen LogP contribution < -0.4 is 26.6 Å². The van der Waals surface area contributed by atoms with Crippen molar-refractivity contribution in [1.82, 2.24) is 40.8 Å². The van der Waals surface area contributed by atoms with Gasteiger partial charge in [0, 0.05) is 84.4 Å². The van der Waals surface area contributed by atoms with Gasteiger partial charge in [-0.15, -0.1) is 45.3 Å². The molecule has 0 radical (unpaired) electrons. The number of aromatic nitrogens is 4. The van der Waals surface area contributed by atoms with Crippen molar-refractivity contribution in [3.63, 3.8) is 0 Å². The van der Waals surface area contributed by atoms with Crippen LogP contribution in [0.1, 0.15) is 93.0 Å². The number of anilines is 2. The highest BCUT2D eigenvalue weighted by Gasteiger charge is 2.32. The van der Waals surface area contributed by atoms with Crippen molar-refractivity contribution in [1.29, 1.82) is 0 Å². The first kappa shape index (κ1) is 43.8. The third kappa shape index (κ3) is 10.4. The van der Waals surface area contributed by atoms with Gasteiger partial charge < -0.3 is 36.2 Å². The molecule has 2 aliphatic carbocycles. The Labute approximate surface area is 383 Å². The highest BCUT2D eigenvalue weighted by atomic mass is 32.1. The second kappa shape index (κ2) is 19.4. The fraction of sp³-hybridized carbons (Fsp3) is 0.489. The molecule has 2 saturated carbocycles. The maximum atomic E-state index is 12.8. The van der Waals surface area contributed by atoms with Crippen LogP contribution in [0.5, 0.6) is 0 Å². The van der Waals surface area contributed by atoms with Gasteiger partial charge in [0.1, 0.15) is 36.7 Å². The molecule has 0 spiro atoms. The molecule has 3 amide bonds. The van der Waals surface area contributed by atoms with Gasteiger partial charge in [0.2, 0.25) is 11.8 Å². The van der Waals surface area contributed by atoms with E-state index in [4.69, 9.17) is 14.7 Å². The molecular formula is C45H54N10O4S4. The number of ether oxygens (including phenoxy) is 1. The number of pyridine rings is 2. The van der Waals surface area contributed by atoms with E-state index in [1.54, 1.807) is 63.7 Å². The summed E-state index contributed by atoms with van der Waals surface area (Å²) < 4.78 is 7.78. The smallest absolute Gasteiger partial charge is 0.410 e. The lowest BCUT2D eigenvalue weighted by Gasteiger charge is -2.30. The molecule has 8 heterocycles. The zero-order chi connectivity index (χ0) is 43.5. The van der Waals surface area contributed by atoms with Crippen molar-refractivity contribution in [3.8, 4) is 21.1 Å². The number of amides is 3. The largest absolute Gasteiger partial charge is 0.444 e. The van der Waals surface area contributed by atoms with E-state index in [2.05, 4.69) is 36.6 Å². The van der Waals surface area contributed by atoms with Crippen molar-refractivity contribution in [2.45, 2.75) is 116 Å². The first-order chi connectivity index (χ1) is 30.5. The Kier molecular flexibility index (Phi) is 13.5. The normalized spacial score (nSPS) is 16.4. The molecule has 6 aromatic rings.